The van der Waals surface area contributed by atoms with Gasteiger partial charge < -0.3 is 15.7 Å². The molecule has 0 spiro atoms. The Morgan fingerprint density at radius 1 is 1.50 bits per heavy atom. The number of carbonyl (C=O) groups excluding carboxylic acids is 1. The first kappa shape index (κ1) is 14.4. The first-order chi connectivity index (χ1) is 8.38. The number of carboxylic acids is 1. The molecule has 1 unspecified atom stereocenters. The maximum absolute atomic E-state index is 12.9. The zero-order valence-corrected chi connectivity index (χ0v) is 11.1. The third kappa shape index (κ3) is 4.70. The summed E-state index contributed by atoms with van der Waals surface area (Å²) < 4.78 is 13.2. The summed E-state index contributed by atoms with van der Waals surface area (Å²) in [5, 5.41) is 13.5. The summed E-state index contributed by atoms with van der Waals surface area (Å²) in [5.41, 5.74) is 0.406. The number of carboxylic acid groups (broad SMARTS) is 1. The molecule has 0 aromatic heterocycles. The van der Waals surface area contributed by atoms with Crippen LogP contribution in [0.5, 0.6) is 0 Å². The van der Waals surface area contributed by atoms with Crippen LogP contribution >= 0.6 is 15.9 Å². The molecule has 0 aliphatic heterocycles. The van der Waals surface area contributed by atoms with E-state index in [2.05, 4.69) is 26.6 Å². The fourth-order valence-corrected chi connectivity index (χ4v) is 1.66. The van der Waals surface area contributed by atoms with Crippen molar-refractivity contribution >= 4 is 33.6 Å². The number of rotatable bonds is 4. The molecule has 5 nitrogen and oxygen atoms in total. The lowest BCUT2D eigenvalue weighted by Crippen LogP contribution is -2.37. The molecule has 1 aromatic carbocycles. The lowest BCUT2D eigenvalue weighted by molar-refractivity contribution is -0.137. The van der Waals surface area contributed by atoms with E-state index in [1.807, 2.05) is 0 Å². The Morgan fingerprint density at radius 3 is 2.72 bits per heavy atom. The highest BCUT2D eigenvalue weighted by Crippen LogP contribution is 2.19. The molecular weight excluding hydrogens is 307 g/mol. The van der Waals surface area contributed by atoms with Gasteiger partial charge in [0.15, 0.2) is 0 Å². The summed E-state index contributed by atoms with van der Waals surface area (Å²) in [5.74, 6) is -1.42. The minimum Gasteiger partial charge on any atom is -0.481 e. The molecule has 7 heteroatoms. The van der Waals surface area contributed by atoms with E-state index in [1.165, 1.54) is 18.2 Å². The van der Waals surface area contributed by atoms with E-state index in [0.29, 0.717) is 5.69 Å². The summed E-state index contributed by atoms with van der Waals surface area (Å²) in [4.78, 5) is 21.9. The zero-order chi connectivity index (χ0) is 13.7. The monoisotopic (exact) mass is 318 g/mol. The first-order valence-corrected chi connectivity index (χ1v) is 5.92. The predicted molar refractivity (Wildman–Crippen MR) is 68.0 cm³/mol. The van der Waals surface area contributed by atoms with Crippen molar-refractivity contribution in [1.29, 1.82) is 0 Å². The summed E-state index contributed by atoms with van der Waals surface area (Å²) in [6.07, 6.45) is -0.166. The second-order valence-corrected chi connectivity index (χ2v) is 4.58. The molecule has 0 radical (unpaired) electrons. The number of amides is 2. The number of halogens is 2. The number of nitrogens with one attached hydrogen (secondary N) is 2. The molecule has 0 bridgehead atoms. The summed E-state index contributed by atoms with van der Waals surface area (Å²) >= 11 is 3.00. The Labute approximate surface area is 112 Å². The topological polar surface area (TPSA) is 78.4 Å². The molecular formula is C11H12BrFN2O3. The van der Waals surface area contributed by atoms with Crippen LogP contribution in [0.3, 0.4) is 0 Å². The van der Waals surface area contributed by atoms with E-state index in [-0.39, 0.29) is 10.9 Å². The van der Waals surface area contributed by atoms with Crippen LogP contribution < -0.4 is 10.6 Å². The number of aliphatic carboxylic acids is 1. The zero-order valence-electron chi connectivity index (χ0n) is 9.54. The normalized spacial score (nSPS) is 11.7. The molecule has 0 saturated carbocycles. The molecule has 0 aliphatic rings. The highest BCUT2D eigenvalue weighted by molar-refractivity contribution is 9.10. The van der Waals surface area contributed by atoms with Crippen molar-refractivity contribution < 1.29 is 19.1 Å². The lowest BCUT2D eigenvalue weighted by Gasteiger charge is -2.12. The van der Waals surface area contributed by atoms with E-state index < -0.39 is 23.9 Å². The van der Waals surface area contributed by atoms with Crippen LogP contribution in [0.1, 0.15) is 13.3 Å². The largest absolute Gasteiger partial charge is 0.481 e. The van der Waals surface area contributed by atoms with Crippen LogP contribution in [0.15, 0.2) is 22.7 Å². The molecule has 3 N–H and O–H groups in total. The van der Waals surface area contributed by atoms with E-state index in [0.717, 1.165) is 0 Å². The third-order valence-corrected chi connectivity index (χ3v) is 2.64. The van der Waals surface area contributed by atoms with Crippen molar-refractivity contribution in [2.24, 2.45) is 0 Å². The van der Waals surface area contributed by atoms with Gasteiger partial charge in [-0.1, -0.05) is 0 Å². The van der Waals surface area contributed by atoms with Gasteiger partial charge in [-0.15, -0.1) is 0 Å². The molecule has 1 atom stereocenters. The molecule has 0 saturated heterocycles. The highest BCUT2D eigenvalue weighted by atomic mass is 79.9. The summed E-state index contributed by atoms with van der Waals surface area (Å²) in [6.45, 7) is 1.58. The Bertz CT molecular complexity index is 468. The van der Waals surface area contributed by atoms with E-state index in [4.69, 9.17) is 5.11 Å². The quantitative estimate of drug-likeness (QED) is 0.798. The van der Waals surface area contributed by atoms with Gasteiger partial charge in [0, 0.05) is 11.7 Å². The number of urea groups is 1. The van der Waals surface area contributed by atoms with Gasteiger partial charge in [0.05, 0.1) is 10.9 Å². The average Bonchev–Trinajstić information content (AvgIpc) is 2.21. The summed E-state index contributed by atoms with van der Waals surface area (Å²) in [6, 6.07) is 2.99. The highest BCUT2D eigenvalue weighted by Gasteiger charge is 2.11. The van der Waals surface area contributed by atoms with Crippen LogP contribution in [0, 0.1) is 5.82 Å². The van der Waals surface area contributed by atoms with Crippen molar-refractivity contribution in [2.45, 2.75) is 19.4 Å². The fourth-order valence-electron chi connectivity index (χ4n) is 1.28. The third-order valence-electron chi connectivity index (χ3n) is 2.04. The molecule has 1 aromatic rings. The van der Waals surface area contributed by atoms with Crippen molar-refractivity contribution in [1.82, 2.24) is 5.32 Å². The van der Waals surface area contributed by atoms with E-state index in [1.54, 1.807) is 6.92 Å². The van der Waals surface area contributed by atoms with Crippen molar-refractivity contribution in [3.8, 4) is 0 Å². The second-order valence-electron chi connectivity index (χ2n) is 3.73. The van der Waals surface area contributed by atoms with Crippen LogP contribution in [-0.4, -0.2) is 23.1 Å². The number of hydrogen-bond donors (Lipinski definition) is 3. The van der Waals surface area contributed by atoms with Crippen LogP contribution in [0.2, 0.25) is 0 Å². The minimum atomic E-state index is -0.993. The number of benzene rings is 1. The maximum atomic E-state index is 12.9. The van der Waals surface area contributed by atoms with Crippen molar-refractivity contribution in [3.63, 3.8) is 0 Å². The van der Waals surface area contributed by atoms with Crippen molar-refractivity contribution in [3.05, 3.63) is 28.5 Å². The van der Waals surface area contributed by atoms with Crippen LogP contribution in [-0.2, 0) is 4.79 Å². The Morgan fingerprint density at radius 2 is 2.17 bits per heavy atom. The minimum absolute atomic E-state index is 0.166. The van der Waals surface area contributed by atoms with Gasteiger partial charge in [-0.05, 0) is 41.1 Å². The predicted octanol–water partition coefficient (Wildman–Crippen LogP) is 2.57. The van der Waals surface area contributed by atoms with Gasteiger partial charge in [-0.3, -0.25) is 4.79 Å². The maximum Gasteiger partial charge on any atom is 0.319 e. The SMILES string of the molecule is CC(CC(=O)O)NC(=O)Nc1ccc(F)c(Br)c1. The Hall–Kier alpha value is -1.63. The Kier molecular flexibility index (Phi) is 5.08. The number of carbonyl (C=O) groups is 2. The molecule has 0 fully saturated rings. The molecule has 0 heterocycles. The van der Waals surface area contributed by atoms with Gasteiger partial charge >= 0.3 is 12.0 Å². The first-order valence-electron chi connectivity index (χ1n) is 5.13. The molecule has 0 aliphatic carbocycles. The smallest absolute Gasteiger partial charge is 0.319 e. The molecule has 98 valence electrons. The van der Waals surface area contributed by atoms with Crippen LogP contribution in [0.4, 0.5) is 14.9 Å². The van der Waals surface area contributed by atoms with Gasteiger partial charge in [-0.25, -0.2) is 9.18 Å². The standard InChI is InChI=1S/C11H12BrFN2O3/c1-6(4-10(16)17)14-11(18)15-7-2-3-9(13)8(12)5-7/h2-3,5-6H,4H2,1H3,(H,16,17)(H2,14,15,18). The van der Waals surface area contributed by atoms with Crippen molar-refractivity contribution in [2.75, 3.05) is 5.32 Å². The molecule has 18 heavy (non-hydrogen) atoms. The second kappa shape index (κ2) is 6.34. The van der Waals surface area contributed by atoms with Gasteiger partial charge in [-0.2, -0.15) is 0 Å². The lowest BCUT2D eigenvalue weighted by atomic mass is 10.2. The van der Waals surface area contributed by atoms with Gasteiger partial charge in [0.25, 0.3) is 0 Å². The molecule has 1 rings (SSSR count). The number of hydrogen-bond acceptors (Lipinski definition) is 2. The summed E-state index contributed by atoms with van der Waals surface area (Å²) in [7, 11) is 0. The average molecular weight is 319 g/mol. The number of anilines is 1. The van der Waals surface area contributed by atoms with Gasteiger partial charge in [0.2, 0.25) is 0 Å². The molecule has 2 amide bonds. The fraction of sp³-hybridized carbons (Fsp3) is 0.273. The van der Waals surface area contributed by atoms with E-state index >= 15 is 0 Å². The van der Waals surface area contributed by atoms with E-state index in [9.17, 15) is 14.0 Å². The Balaban J connectivity index is 2.54. The van der Waals surface area contributed by atoms with Gasteiger partial charge in [0.1, 0.15) is 5.82 Å². The van der Waals surface area contributed by atoms with Crippen LogP contribution in [0.25, 0.3) is 0 Å².